The van der Waals surface area contributed by atoms with Gasteiger partial charge in [-0.15, -0.1) is 0 Å². The summed E-state index contributed by atoms with van der Waals surface area (Å²) < 4.78 is 236. The molecule has 0 aromatic heterocycles. The van der Waals surface area contributed by atoms with Crippen LogP contribution in [-0.4, -0.2) is 73.8 Å². The van der Waals surface area contributed by atoms with Crippen LogP contribution < -0.4 is 5.32 Å². The van der Waals surface area contributed by atoms with Crippen LogP contribution in [0.4, 0.5) is 75.0 Å². The van der Waals surface area contributed by atoms with Gasteiger partial charge in [0.1, 0.15) is 6.10 Å². The minimum atomic E-state index is -8.21. The molecule has 22 heteroatoms. The quantitative estimate of drug-likeness (QED) is 0.145. The van der Waals surface area contributed by atoms with Gasteiger partial charge in [0.2, 0.25) is 0 Å². The maximum Gasteiger partial charge on any atom is 0.460 e. The van der Waals surface area contributed by atoms with E-state index in [9.17, 15) is 79.8 Å². The summed E-state index contributed by atoms with van der Waals surface area (Å²) in [6.45, 7) is 0.772. The number of hydrogen-bond acceptors (Lipinski definition) is 5. The number of nitrogens with one attached hydrogen (secondary N) is 1. The van der Waals surface area contributed by atoms with E-state index in [4.69, 9.17) is 4.74 Å². The van der Waals surface area contributed by atoms with Crippen LogP contribution in [0.5, 0.6) is 0 Å². The Bertz CT molecular complexity index is 1470. The van der Waals surface area contributed by atoms with Gasteiger partial charge in [-0.1, -0.05) is 60.7 Å². The third kappa shape index (κ3) is 7.93. The molecule has 2 aromatic carbocycles. The molecule has 0 spiro atoms. The first-order valence-corrected chi connectivity index (χ1v) is 13.9. The van der Waals surface area contributed by atoms with Crippen molar-refractivity contribution in [2.24, 2.45) is 0 Å². The molecule has 1 amide bonds. The molecule has 0 fully saturated rings. The summed E-state index contributed by atoms with van der Waals surface area (Å²) in [5.74, 6) is -41.4. The number of ether oxygens (including phenoxy) is 3. The minimum absolute atomic E-state index is 0.329. The van der Waals surface area contributed by atoms with Crippen molar-refractivity contribution in [2.75, 3.05) is 13.7 Å². The Morgan fingerprint density at radius 2 is 1.14 bits per heavy atom. The lowest BCUT2D eigenvalue weighted by Gasteiger charge is -2.40. The third-order valence-corrected chi connectivity index (χ3v) is 7.25. The number of carbonyl (C=O) groups is 2. The molecule has 2 rings (SSSR count). The predicted octanol–water partition coefficient (Wildman–Crippen LogP) is 9.01. The summed E-state index contributed by atoms with van der Waals surface area (Å²) in [6, 6.07) is 7.77. The highest BCUT2D eigenvalue weighted by Gasteiger charge is 2.90. The van der Waals surface area contributed by atoms with Crippen molar-refractivity contribution in [1.29, 1.82) is 0 Å². The number of rotatable bonds is 15. The van der Waals surface area contributed by atoms with E-state index in [1.807, 2.05) is 5.32 Å². The van der Waals surface area contributed by atoms with Gasteiger partial charge >= 0.3 is 54.0 Å². The zero-order valence-corrected chi connectivity index (χ0v) is 25.6. The number of amides is 1. The van der Waals surface area contributed by atoms with Crippen LogP contribution >= 0.6 is 0 Å². The van der Waals surface area contributed by atoms with Crippen molar-refractivity contribution in [1.82, 2.24) is 5.32 Å². The maximum atomic E-state index is 14.9. The number of carbonyl (C=O) groups excluding carboxylic acids is 2. The van der Waals surface area contributed by atoms with Gasteiger partial charge in [0.25, 0.3) is 5.60 Å². The fraction of sp³-hybridized carbons (Fsp3) is 0.517. The lowest BCUT2D eigenvalue weighted by Crippen LogP contribution is -2.70. The van der Waals surface area contributed by atoms with Gasteiger partial charge in [0.05, 0.1) is 12.6 Å². The van der Waals surface area contributed by atoms with Crippen LogP contribution in [0, 0.1) is 0 Å². The van der Waals surface area contributed by atoms with E-state index < -0.39 is 96.8 Å². The van der Waals surface area contributed by atoms with Gasteiger partial charge in [0, 0.05) is 19.1 Å². The largest absolute Gasteiger partial charge is 0.460 e. The maximum absolute atomic E-state index is 14.9. The van der Waals surface area contributed by atoms with Crippen LogP contribution in [0.1, 0.15) is 36.9 Å². The predicted molar refractivity (Wildman–Crippen MR) is 140 cm³/mol. The molecule has 0 unspecified atom stereocenters. The molecule has 0 radical (unpaired) electrons. The first-order chi connectivity index (χ1) is 23.1. The summed E-state index contributed by atoms with van der Waals surface area (Å²) in [6.07, 6.45) is -22.8. The second-order valence-corrected chi connectivity index (χ2v) is 10.5. The highest BCUT2D eigenvalue weighted by molar-refractivity contribution is 5.83. The molecule has 0 heterocycles. The molecule has 51 heavy (non-hydrogen) atoms. The van der Waals surface area contributed by atoms with E-state index in [1.165, 1.54) is 19.1 Å². The van der Waals surface area contributed by atoms with Crippen molar-refractivity contribution >= 4 is 12.1 Å². The van der Waals surface area contributed by atoms with E-state index in [0.29, 0.717) is 19.2 Å². The molecule has 288 valence electrons. The highest BCUT2D eigenvalue weighted by atomic mass is 19.4. The molecule has 6 nitrogen and oxygen atoms in total. The summed E-state index contributed by atoms with van der Waals surface area (Å²) in [7, 11) is 0.329. The zero-order valence-electron chi connectivity index (χ0n) is 25.6. The smallest absolute Gasteiger partial charge is 0.457 e. The molecular weight excluding hydrogens is 746 g/mol. The molecule has 0 saturated carbocycles. The van der Waals surface area contributed by atoms with Gasteiger partial charge < -0.3 is 19.5 Å². The molecular formula is C29H25F16NO5. The van der Waals surface area contributed by atoms with Gasteiger partial charge in [-0.3, -0.25) is 0 Å². The average Bonchev–Trinajstić information content (AvgIpc) is 3.02. The van der Waals surface area contributed by atoms with Crippen LogP contribution in [0.3, 0.4) is 0 Å². The third-order valence-electron chi connectivity index (χ3n) is 7.25. The van der Waals surface area contributed by atoms with Crippen LogP contribution in [0.25, 0.3) is 0 Å². The Labute approximate surface area is 277 Å². The number of hydrogen-bond donors (Lipinski definition) is 1. The number of alkyl carbamates (subject to hydrolysis) is 1. The van der Waals surface area contributed by atoms with Gasteiger partial charge in [0.15, 0.2) is 0 Å². The van der Waals surface area contributed by atoms with Crippen LogP contribution in [0.15, 0.2) is 60.7 Å². The molecule has 2 aromatic rings. The van der Waals surface area contributed by atoms with Crippen molar-refractivity contribution < 1.29 is 94.0 Å². The molecule has 1 N–H and O–H groups in total. The normalized spacial score (nSPS) is 16.1. The average molecular weight is 771 g/mol. The summed E-state index contributed by atoms with van der Waals surface area (Å²) in [4.78, 5) is 25.7. The fourth-order valence-corrected chi connectivity index (χ4v) is 4.53. The van der Waals surface area contributed by atoms with E-state index >= 15 is 0 Å². The lowest BCUT2D eigenvalue weighted by molar-refractivity contribution is -0.440. The Balaban J connectivity index is 2.74. The summed E-state index contributed by atoms with van der Waals surface area (Å²) in [5, 5.41) is 1.87. The highest BCUT2D eigenvalue weighted by Crippen LogP contribution is 2.61. The zero-order chi connectivity index (χ0) is 39.5. The first kappa shape index (κ1) is 43.2. The van der Waals surface area contributed by atoms with Gasteiger partial charge in [-0.25, -0.2) is 9.59 Å². The van der Waals surface area contributed by atoms with E-state index in [1.54, 1.807) is 0 Å². The SMILES string of the molecule is CCOC(=O)N[C@H](c1ccccc1)[C@@H](CCC(F)(F)C(F)(F)C(F)(F)C(F)(F)C(F)(F)C(F)(F)F)OC(=O)[C@@](OC)(c1ccccc1)C(F)(F)F. The molecule has 0 bridgehead atoms. The Hall–Kier alpha value is -3.98. The Kier molecular flexibility index (Phi) is 12.6. The van der Waals surface area contributed by atoms with E-state index in [2.05, 4.69) is 9.47 Å². The monoisotopic (exact) mass is 771 g/mol. The van der Waals surface area contributed by atoms with Crippen molar-refractivity contribution in [2.45, 2.75) is 79.5 Å². The lowest BCUT2D eigenvalue weighted by atomic mass is 9.89. The molecule has 0 aliphatic carbocycles. The van der Waals surface area contributed by atoms with Crippen molar-refractivity contribution in [3.63, 3.8) is 0 Å². The second kappa shape index (κ2) is 14.9. The fourth-order valence-electron chi connectivity index (χ4n) is 4.53. The number of halogens is 16. The topological polar surface area (TPSA) is 73.9 Å². The molecule has 0 aliphatic heterocycles. The number of esters is 1. The van der Waals surface area contributed by atoms with E-state index in [-0.39, 0.29) is 5.56 Å². The van der Waals surface area contributed by atoms with Gasteiger partial charge in [-0.05, 0) is 18.9 Å². The van der Waals surface area contributed by atoms with Crippen LogP contribution in [-0.2, 0) is 24.6 Å². The van der Waals surface area contributed by atoms with Gasteiger partial charge in [-0.2, -0.15) is 70.2 Å². The Morgan fingerprint density at radius 1 is 0.667 bits per heavy atom. The standard InChI is InChI=1S/C29H25F16NO5/c1-3-50-21(48)46-19(16-10-6-4-7-11-16)18(51-20(47)23(49-2,28(40,41)42)17-12-8-5-9-13-17)14-15-22(30,31)24(32,33)25(34,35)26(36,37)27(38,39)29(43,44)45/h4-13,18-19H,3,14-15H2,1-2H3,(H,46,48)/t18-,19-,23+/m1/s1. The Morgan fingerprint density at radius 3 is 1.57 bits per heavy atom. The minimum Gasteiger partial charge on any atom is -0.457 e. The molecule has 0 saturated heterocycles. The summed E-state index contributed by atoms with van der Waals surface area (Å²) >= 11 is 0. The van der Waals surface area contributed by atoms with Crippen LogP contribution in [0.2, 0.25) is 0 Å². The number of methoxy groups -OCH3 is 1. The number of benzene rings is 2. The number of alkyl halides is 16. The second-order valence-electron chi connectivity index (χ2n) is 10.5. The molecule has 3 atom stereocenters. The van der Waals surface area contributed by atoms with E-state index in [0.717, 1.165) is 36.4 Å². The summed E-state index contributed by atoms with van der Waals surface area (Å²) in [5.41, 5.74) is -5.56. The van der Waals surface area contributed by atoms with Crippen molar-refractivity contribution in [3.8, 4) is 0 Å². The molecule has 0 aliphatic rings. The first-order valence-electron chi connectivity index (χ1n) is 13.9. The van der Waals surface area contributed by atoms with Crippen molar-refractivity contribution in [3.05, 3.63) is 71.8 Å².